The van der Waals surface area contributed by atoms with Crippen LogP contribution >= 0.6 is 0 Å². The van der Waals surface area contributed by atoms with Gasteiger partial charge in [-0.15, -0.1) is 0 Å². The maximum atomic E-state index is 13.6. The molecule has 0 heterocycles. The zero-order valence-corrected chi connectivity index (χ0v) is 13.3. The summed E-state index contributed by atoms with van der Waals surface area (Å²) in [6.45, 7) is 9.21. The van der Waals surface area contributed by atoms with Gasteiger partial charge in [-0.2, -0.15) is 0 Å². The second-order valence-electron chi connectivity index (χ2n) is 5.70. The smallest absolute Gasteiger partial charge is 0.123 e. The van der Waals surface area contributed by atoms with E-state index in [1.807, 2.05) is 13.8 Å². The molecule has 1 nitrogen and oxygen atoms in total. The van der Waals surface area contributed by atoms with Gasteiger partial charge in [0.15, 0.2) is 0 Å². The molecule has 1 N–H and O–H groups in total. The first kappa shape index (κ1) is 15.7. The highest BCUT2D eigenvalue weighted by Crippen LogP contribution is 2.30. The van der Waals surface area contributed by atoms with Gasteiger partial charge < -0.3 is 5.32 Å². The molecule has 0 aromatic heterocycles. The minimum atomic E-state index is -0.159. The van der Waals surface area contributed by atoms with Crippen LogP contribution < -0.4 is 5.32 Å². The van der Waals surface area contributed by atoms with Crippen molar-refractivity contribution in [3.63, 3.8) is 0 Å². The van der Waals surface area contributed by atoms with E-state index in [9.17, 15) is 4.39 Å². The summed E-state index contributed by atoms with van der Waals surface area (Å²) in [4.78, 5) is 0. The monoisotopic (exact) mass is 285 g/mol. The van der Waals surface area contributed by atoms with Crippen LogP contribution in [0, 0.1) is 26.6 Å². The Labute approximate surface area is 127 Å². The first-order chi connectivity index (χ1) is 10.0. The highest BCUT2D eigenvalue weighted by molar-refractivity contribution is 5.44. The Balaban J connectivity index is 2.54. The molecule has 21 heavy (non-hydrogen) atoms. The highest BCUT2D eigenvalue weighted by atomic mass is 19.1. The zero-order chi connectivity index (χ0) is 15.4. The second kappa shape index (κ2) is 6.86. The summed E-state index contributed by atoms with van der Waals surface area (Å²) in [6, 6.07) is 11.8. The number of hydrogen-bond acceptors (Lipinski definition) is 1. The van der Waals surface area contributed by atoms with Gasteiger partial charge in [-0.1, -0.05) is 31.2 Å². The van der Waals surface area contributed by atoms with Gasteiger partial charge in [0.25, 0.3) is 0 Å². The first-order valence-electron chi connectivity index (χ1n) is 7.60. The summed E-state index contributed by atoms with van der Waals surface area (Å²) in [5.74, 6) is -0.159. The molecule has 0 bridgehead atoms. The van der Waals surface area contributed by atoms with E-state index in [4.69, 9.17) is 0 Å². The van der Waals surface area contributed by atoms with Gasteiger partial charge in [-0.05, 0) is 73.7 Å². The fourth-order valence-corrected chi connectivity index (χ4v) is 2.94. The van der Waals surface area contributed by atoms with Crippen LogP contribution in [0.2, 0.25) is 0 Å². The lowest BCUT2D eigenvalue weighted by Crippen LogP contribution is -2.25. The van der Waals surface area contributed by atoms with E-state index in [0.29, 0.717) is 0 Å². The summed E-state index contributed by atoms with van der Waals surface area (Å²) >= 11 is 0. The molecular weight excluding hydrogens is 261 g/mol. The topological polar surface area (TPSA) is 12.0 Å². The SMILES string of the molecule is CCCNC(c1ccccc1C)c1c(C)cc(F)cc1C. The third-order valence-electron chi connectivity index (χ3n) is 3.95. The summed E-state index contributed by atoms with van der Waals surface area (Å²) in [7, 11) is 0. The molecule has 1 atom stereocenters. The average molecular weight is 285 g/mol. The Kier molecular flexibility index (Phi) is 5.13. The van der Waals surface area contributed by atoms with Gasteiger partial charge in [0.2, 0.25) is 0 Å². The number of aryl methyl sites for hydroxylation is 3. The number of halogens is 1. The fraction of sp³-hybridized carbons (Fsp3) is 0.368. The molecule has 0 fully saturated rings. The van der Waals surface area contributed by atoms with Gasteiger partial charge in [0, 0.05) is 0 Å². The standard InChI is InChI=1S/C19H24FN/c1-5-10-21-19(17-9-7-6-8-13(17)2)18-14(3)11-16(20)12-15(18)4/h6-9,11-12,19,21H,5,10H2,1-4H3. The lowest BCUT2D eigenvalue weighted by molar-refractivity contribution is 0.584. The summed E-state index contributed by atoms with van der Waals surface area (Å²) in [5.41, 5.74) is 5.73. The molecular formula is C19H24FN. The number of hydrogen-bond donors (Lipinski definition) is 1. The van der Waals surface area contributed by atoms with Gasteiger partial charge in [-0.3, -0.25) is 0 Å². The van der Waals surface area contributed by atoms with E-state index in [1.54, 1.807) is 12.1 Å². The van der Waals surface area contributed by atoms with Crippen molar-refractivity contribution in [2.75, 3.05) is 6.54 Å². The quantitative estimate of drug-likeness (QED) is 0.829. The van der Waals surface area contributed by atoms with Crippen LogP contribution in [0.1, 0.15) is 47.2 Å². The molecule has 0 aliphatic heterocycles. The summed E-state index contributed by atoms with van der Waals surface area (Å²) in [5, 5.41) is 3.62. The van der Waals surface area contributed by atoms with Gasteiger partial charge in [-0.25, -0.2) is 4.39 Å². The highest BCUT2D eigenvalue weighted by Gasteiger charge is 2.19. The Morgan fingerprint density at radius 3 is 2.19 bits per heavy atom. The van der Waals surface area contributed by atoms with Crippen molar-refractivity contribution in [3.8, 4) is 0 Å². The molecule has 0 spiro atoms. The van der Waals surface area contributed by atoms with Crippen molar-refractivity contribution in [3.05, 3.63) is 70.0 Å². The third kappa shape index (κ3) is 3.51. The lowest BCUT2D eigenvalue weighted by Gasteiger charge is -2.25. The maximum Gasteiger partial charge on any atom is 0.123 e. The molecule has 0 aliphatic rings. The van der Waals surface area contributed by atoms with E-state index >= 15 is 0 Å². The molecule has 2 aromatic rings. The van der Waals surface area contributed by atoms with Gasteiger partial charge >= 0.3 is 0 Å². The van der Waals surface area contributed by atoms with Crippen LogP contribution in [0.25, 0.3) is 0 Å². The van der Waals surface area contributed by atoms with Crippen LogP contribution in [0.4, 0.5) is 4.39 Å². The van der Waals surface area contributed by atoms with Crippen molar-refractivity contribution in [2.24, 2.45) is 0 Å². The van der Waals surface area contributed by atoms with E-state index < -0.39 is 0 Å². The normalized spacial score (nSPS) is 12.4. The summed E-state index contributed by atoms with van der Waals surface area (Å²) in [6.07, 6.45) is 1.07. The summed E-state index contributed by atoms with van der Waals surface area (Å²) < 4.78 is 13.6. The van der Waals surface area contributed by atoms with Crippen molar-refractivity contribution >= 4 is 0 Å². The van der Waals surface area contributed by atoms with Crippen LogP contribution in [-0.2, 0) is 0 Å². The molecule has 2 heteroatoms. The Hall–Kier alpha value is -1.67. The van der Waals surface area contributed by atoms with E-state index in [1.165, 1.54) is 16.7 Å². The van der Waals surface area contributed by atoms with Crippen molar-refractivity contribution in [2.45, 2.75) is 40.2 Å². The molecule has 2 aromatic carbocycles. The molecule has 112 valence electrons. The second-order valence-corrected chi connectivity index (χ2v) is 5.70. The largest absolute Gasteiger partial charge is 0.306 e. The predicted octanol–water partition coefficient (Wildman–Crippen LogP) is 4.84. The molecule has 0 radical (unpaired) electrons. The van der Waals surface area contributed by atoms with Crippen molar-refractivity contribution < 1.29 is 4.39 Å². The molecule has 0 saturated carbocycles. The number of rotatable bonds is 5. The van der Waals surface area contributed by atoms with Crippen LogP contribution in [0.3, 0.4) is 0 Å². The van der Waals surface area contributed by atoms with Crippen LogP contribution in [0.5, 0.6) is 0 Å². The van der Waals surface area contributed by atoms with E-state index in [2.05, 4.69) is 43.4 Å². The number of nitrogens with one attached hydrogen (secondary N) is 1. The fourth-order valence-electron chi connectivity index (χ4n) is 2.94. The Morgan fingerprint density at radius 2 is 1.62 bits per heavy atom. The first-order valence-corrected chi connectivity index (χ1v) is 7.60. The Bertz CT molecular complexity index is 596. The lowest BCUT2D eigenvalue weighted by atomic mass is 9.89. The van der Waals surface area contributed by atoms with Gasteiger partial charge in [0.05, 0.1) is 6.04 Å². The zero-order valence-electron chi connectivity index (χ0n) is 13.3. The molecule has 0 aliphatic carbocycles. The van der Waals surface area contributed by atoms with Crippen molar-refractivity contribution in [1.29, 1.82) is 0 Å². The van der Waals surface area contributed by atoms with Crippen molar-refractivity contribution in [1.82, 2.24) is 5.32 Å². The van der Waals surface area contributed by atoms with E-state index in [0.717, 1.165) is 24.1 Å². The molecule has 1 unspecified atom stereocenters. The minimum absolute atomic E-state index is 0.117. The number of benzene rings is 2. The minimum Gasteiger partial charge on any atom is -0.306 e. The van der Waals surface area contributed by atoms with E-state index in [-0.39, 0.29) is 11.9 Å². The van der Waals surface area contributed by atoms with Crippen LogP contribution in [-0.4, -0.2) is 6.54 Å². The maximum absolute atomic E-state index is 13.6. The van der Waals surface area contributed by atoms with Crippen LogP contribution in [0.15, 0.2) is 36.4 Å². The molecule has 0 saturated heterocycles. The average Bonchev–Trinajstić information content (AvgIpc) is 2.42. The molecule has 2 rings (SSSR count). The molecule has 0 amide bonds. The Morgan fingerprint density at radius 1 is 1.00 bits per heavy atom. The third-order valence-corrected chi connectivity index (χ3v) is 3.95. The van der Waals surface area contributed by atoms with Gasteiger partial charge in [0.1, 0.15) is 5.82 Å². The predicted molar refractivity (Wildman–Crippen MR) is 87.2 cm³/mol.